The van der Waals surface area contributed by atoms with E-state index in [1.165, 1.54) is 12.1 Å². The summed E-state index contributed by atoms with van der Waals surface area (Å²) in [7, 11) is 2.13. The number of hydrogen-bond donors (Lipinski definition) is 0. The highest BCUT2D eigenvalue weighted by atomic mass is 16.4. The van der Waals surface area contributed by atoms with Crippen molar-refractivity contribution in [2.45, 2.75) is 44.7 Å². The van der Waals surface area contributed by atoms with Crippen LogP contribution in [0.1, 0.15) is 36.6 Å². The molecule has 1 aliphatic heterocycles. The van der Waals surface area contributed by atoms with Gasteiger partial charge in [-0.3, -0.25) is 4.90 Å². The molecule has 1 saturated heterocycles. The van der Waals surface area contributed by atoms with Crippen LogP contribution in [0.15, 0.2) is 23.0 Å². The Bertz CT molecular complexity index is 627. The number of fused-ring (bicyclic) bond motifs is 1. The summed E-state index contributed by atoms with van der Waals surface area (Å²) in [6.45, 7) is 3.00. The van der Waals surface area contributed by atoms with Crippen LogP contribution in [0, 0.1) is 0 Å². The van der Waals surface area contributed by atoms with Crippen molar-refractivity contribution in [2.75, 3.05) is 25.0 Å². The second-order valence-electron chi connectivity index (χ2n) is 6.52. The lowest BCUT2D eigenvalue weighted by Crippen LogP contribution is -2.43. The van der Waals surface area contributed by atoms with Gasteiger partial charge in [-0.2, -0.15) is 0 Å². The third-order valence-electron chi connectivity index (χ3n) is 5.03. The number of rotatable bonds is 4. The van der Waals surface area contributed by atoms with Crippen LogP contribution in [0.25, 0.3) is 0 Å². The molecule has 122 valence electrons. The second-order valence-corrected chi connectivity index (χ2v) is 6.52. The highest BCUT2D eigenvalue weighted by Crippen LogP contribution is 2.24. The van der Waals surface area contributed by atoms with E-state index in [1.807, 2.05) is 6.07 Å². The first-order chi connectivity index (χ1) is 11.3. The molecule has 0 N–H and O–H groups in total. The highest BCUT2D eigenvalue weighted by molar-refractivity contribution is 5.36. The Kier molecular flexibility index (Phi) is 3.99. The summed E-state index contributed by atoms with van der Waals surface area (Å²) in [5.74, 6) is 3.03. The molecule has 3 heterocycles. The Labute approximate surface area is 136 Å². The van der Waals surface area contributed by atoms with Crippen LogP contribution < -0.4 is 4.90 Å². The molecule has 2 aromatic heterocycles. The Morgan fingerprint density at radius 1 is 1.30 bits per heavy atom. The predicted octanol–water partition coefficient (Wildman–Crippen LogP) is 2.05. The second kappa shape index (κ2) is 6.28. The van der Waals surface area contributed by atoms with Crippen LogP contribution >= 0.6 is 0 Å². The van der Waals surface area contributed by atoms with Gasteiger partial charge < -0.3 is 9.32 Å². The maximum atomic E-state index is 5.89. The van der Waals surface area contributed by atoms with E-state index in [1.54, 1.807) is 12.5 Å². The third-order valence-corrected chi connectivity index (χ3v) is 5.03. The van der Waals surface area contributed by atoms with Crippen LogP contribution in [-0.2, 0) is 19.4 Å². The fraction of sp³-hybridized carbons (Fsp3) is 0.588. The maximum Gasteiger partial charge on any atom is 0.208 e. The molecule has 6 nitrogen and oxygen atoms in total. The predicted molar refractivity (Wildman–Crippen MR) is 87.3 cm³/mol. The topological polar surface area (TPSA) is 58.3 Å². The van der Waals surface area contributed by atoms with E-state index in [2.05, 4.69) is 31.8 Å². The summed E-state index contributed by atoms with van der Waals surface area (Å²) in [5.41, 5.74) is 1.19. The zero-order chi connectivity index (χ0) is 15.6. The van der Waals surface area contributed by atoms with Crippen LogP contribution in [-0.4, -0.2) is 46.0 Å². The van der Waals surface area contributed by atoms with Crippen LogP contribution in [0.3, 0.4) is 0 Å². The smallest absolute Gasteiger partial charge is 0.208 e. The molecule has 1 aliphatic carbocycles. The van der Waals surface area contributed by atoms with E-state index in [0.29, 0.717) is 6.04 Å². The van der Waals surface area contributed by atoms with Gasteiger partial charge in [0.05, 0.1) is 12.2 Å². The normalized spacial score (nSPS) is 19.0. The standard InChI is InChI=1S/C17H23N5O/c1-21(16-5-8-18-12-19-16)13-6-9-22(10-7-13)11-17-20-14-3-2-4-15(14)23-17/h5,8,12-13H,2-4,6-7,9-11H2,1H3. The molecule has 0 unspecified atom stereocenters. The number of aryl methyl sites for hydroxylation is 2. The molecule has 0 radical (unpaired) electrons. The minimum absolute atomic E-state index is 0.538. The van der Waals surface area contributed by atoms with Crippen LogP contribution in [0.5, 0.6) is 0 Å². The van der Waals surface area contributed by atoms with Gasteiger partial charge in [0.25, 0.3) is 0 Å². The molecule has 0 aromatic carbocycles. The average Bonchev–Trinajstić information content (AvgIpc) is 3.17. The SMILES string of the molecule is CN(c1ccncn1)C1CCN(Cc2nc3c(o2)CCC3)CC1. The van der Waals surface area contributed by atoms with Gasteiger partial charge in [-0.05, 0) is 31.7 Å². The van der Waals surface area contributed by atoms with Crippen LogP contribution in [0.2, 0.25) is 0 Å². The number of oxazole rings is 1. The van der Waals surface area contributed by atoms with E-state index < -0.39 is 0 Å². The monoisotopic (exact) mass is 313 g/mol. The van der Waals surface area contributed by atoms with Gasteiger partial charge in [0, 0.05) is 38.8 Å². The first-order valence-corrected chi connectivity index (χ1v) is 8.48. The van der Waals surface area contributed by atoms with Crippen molar-refractivity contribution in [3.05, 3.63) is 35.9 Å². The van der Waals surface area contributed by atoms with Crippen molar-refractivity contribution < 1.29 is 4.42 Å². The lowest BCUT2D eigenvalue weighted by molar-refractivity contribution is 0.185. The zero-order valence-corrected chi connectivity index (χ0v) is 13.6. The van der Waals surface area contributed by atoms with Crippen molar-refractivity contribution >= 4 is 5.82 Å². The van der Waals surface area contributed by atoms with Gasteiger partial charge in [-0.1, -0.05) is 0 Å². The van der Waals surface area contributed by atoms with E-state index in [9.17, 15) is 0 Å². The molecule has 0 bridgehead atoms. The number of piperidine rings is 1. The minimum atomic E-state index is 0.538. The van der Waals surface area contributed by atoms with Crippen molar-refractivity contribution in [1.82, 2.24) is 19.9 Å². The van der Waals surface area contributed by atoms with Gasteiger partial charge in [0.1, 0.15) is 17.9 Å². The number of hydrogen-bond acceptors (Lipinski definition) is 6. The lowest BCUT2D eigenvalue weighted by Gasteiger charge is -2.36. The van der Waals surface area contributed by atoms with Crippen LogP contribution in [0.4, 0.5) is 5.82 Å². The molecular formula is C17H23N5O. The Balaban J connectivity index is 1.32. The van der Waals surface area contributed by atoms with Crippen molar-refractivity contribution in [3.63, 3.8) is 0 Å². The summed E-state index contributed by atoms with van der Waals surface area (Å²) >= 11 is 0. The first kappa shape index (κ1) is 14.6. The zero-order valence-electron chi connectivity index (χ0n) is 13.6. The molecule has 2 aliphatic rings. The quantitative estimate of drug-likeness (QED) is 0.861. The van der Waals surface area contributed by atoms with Crippen molar-refractivity contribution in [1.29, 1.82) is 0 Å². The maximum absolute atomic E-state index is 5.89. The van der Waals surface area contributed by atoms with Gasteiger partial charge in [-0.15, -0.1) is 0 Å². The summed E-state index contributed by atoms with van der Waals surface area (Å²) in [4.78, 5) is 17.7. The molecule has 1 fully saturated rings. The van der Waals surface area contributed by atoms with Gasteiger partial charge >= 0.3 is 0 Å². The minimum Gasteiger partial charge on any atom is -0.444 e. The number of likely N-dealkylation sites (tertiary alicyclic amines) is 1. The van der Waals surface area contributed by atoms with Crippen molar-refractivity contribution in [3.8, 4) is 0 Å². The average molecular weight is 313 g/mol. The van der Waals surface area contributed by atoms with Crippen molar-refractivity contribution in [2.24, 2.45) is 0 Å². The third kappa shape index (κ3) is 3.08. The van der Waals surface area contributed by atoms with Gasteiger partial charge in [0.15, 0.2) is 0 Å². The molecule has 6 heteroatoms. The molecule has 4 rings (SSSR count). The first-order valence-electron chi connectivity index (χ1n) is 8.48. The summed E-state index contributed by atoms with van der Waals surface area (Å²) in [6, 6.07) is 2.51. The van der Waals surface area contributed by atoms with Gasteiger partial charge in [-0.25, -0.2) is 15.0 Å². The lowest BCUT2D eigenvalue weighted by atomic mass is 10.0. The fourth-order valence-corrected chi connectivity index (χ4v) is 3.65. The van der Waals surface area contributed by atoms with E-state index >= 15 is 0 Å². The molecule has 0 atom stereocenters. The summed E-state index contributed by atoms with van der Waals surface area (Å²) in [6.07, 6.45) is 9.04. The Morgan fingerprint density at radius 2 is 2.17 bits per heavy atom. The summed E-state index contributed by atoms with van der Waals surface area (Å²) in [5, 5.41) is 0. The number of anilines is 1. The number of nitrogens with zero attached hydrogens (tertiary/aromatic N) is 5. The molecule has 23 heavy (non-hydrogen) atoms. The summed E-state index contributed by atoms with van der Waals surface area (Å²) < 4.78 is 5.89. The van der Waals surface area contributed by atoms with E-state index in [4.69, 9.17) is 4.42 Å². The Morgan fingerprint density at radius 3 is 2.91 bits per heavy atom. The highest BCUT2D eigenvalue weighted by Gasteiger charge is 2.25. The Hall–Kier alpha value is -1.95. The number of aromatic nitrogens is 3. The molecule has 2 aromatic rings. The largest absolute Gasteiger partial charge is 0.444 e. The molecular weight excluding hydrogens is 290 g/mol. The fourth-order valence-electron chi connectivity index (χ4n) is 3.65. The molecule has 0 amide bonds. The van der Waals surface area contributed by atoms with Gasteiger partial charge in [0.2, 0.25) is 5.89 Å². The molecule has 0 spiro atoms. The van der Waals surface area contributed by atoms with E-state index in [0.717, 1.165) is 62.8 Å². The van der Waals surface area contributed by atoms with E-state index in [-0.39, 0.29) is 0 Å². The molecule has 0 saturated carbocycles.